The molecule has 0 N–H and O–H groups in total. The van der Waals surface area contributed by atoms with E-state index in [-0.39, 0.29) is 11.7 Å². The molecule has 2 aliphatic heterocycles. The zero-order valence-electron chi connectivity index (χ0n) is 16.3. The van der Waals surface area contributed by atoms with Crippen LogP contribution in [0.3, 0.4) is 0 Å². The second kappa shape index (κ2) is 7.18. The first-order chi connectivity index (χ1) is 14.7. The molecule has 7 nitrogen and oxygen atoms in total. The number of methoxy groups -OCH3 is 1. The number of non-ortho nitro benzene ring substituents is 1. The van der Waals surface area contributed by atoms with Crippen LogP contribution in [0.5, 0.6) is 11.5 Å². The summed E-state index contributed by atoms with van der Waals surface area (Å²) >= 11 is 0. The third-order valence-electron chi connectivity index (χ3n) is 5.50. The molecule has 0 aromatic heterocycles. The Morgan fingerprint density at radius 1 is 1.07 bits per heavy atom. The van der Waals surface area contributed by atoms with Gasteiger partial charge in [0.2, 0.25) is 6.23 Å². The van der Waals surface area contributed by atoms with Crippen molar-refractivity contribution >= 4 is 11.4 Å². The molecule has 2 heterocycles. The Bertz CT molecular complexity index is 1130. The summed E-state index contributed by atoms with van der Waals surface area (Å²) in [5.74, 6) is 1.35. The van der Waals surface area contributed by atoms with Crippen LogP contribution in [0.2, 0.25) is 0 Å². The molecular weight excluding hydrogens is 382 g/mol. The molecule has 0 fully saturated rings. The first kappa shape index (κ1) is 18.2. The predicted octanol–water partition coefficient (Wildman–Crippen LogP) is 4.85. The summed E-state index contributed by atoms with van der Waals surface area (Å²) in [6, 6.07) is 22.3. The molecule has 150 valence electrons. The predicted molar refractivity (Wildman–Crippen MR) is 112 cm³/mol. The maximum Gasteiger partial charge on any atom is 0.269 e. The zero-order valence-corrected chi connectivity index (χ0v) is 16.3. The number of hydrogen-bond donors (Lipinski definition) is 0. The maximum atomic E-state index is 11.0. The van der Waals surface area contributed by atoms with Crippen molar-refractivity contribution in [3.63, 3.8) is 0 Å². The Balaban J connectivity index is 1.60. The summed E-state index contributed by atoms with van der Waals surface area (Å²) in [5.41, 5.74) is 3.90. The molecule has 0 amide bonds. The van der Waals surface area contributed by atoms with Gasteiger partial charge in [-0.15, -0.1) is 0 Å². The van der Waals surface area contributed by atoms with Crippen molar-refractivity contribution < 1.29 is 14.4 Å². The van der Waals surface area contributed by atoms with Crippen molar-refractivity contribution in [3.8, 4) is 11.5 Å². The fraction of sp³-hybridized carbons (Fsp3) is 0.174. The summed E-state index contributed by atoms with van der Waals surface area (Å²) in [7, 11) is 1.62. The van der Waals surface area contributed by atoms with Gasteiger partial charge in [-0.05, 0) is 23.8 Å². The second-order valence-electron chi connectivity index (χ2n) is 7.21. The van der Waals surface area contributed by atoms with Gasteiger partial charge < -0.3 is 9.47 Å². The van der Waals surface area contributed by atoms with Gasteiger partial charge in [0, 0.05) is 29.7 Å². The Hall–Kier alpha value is -3.87. The molecule has 3 aromatic carbocycles. The minimum absolute atomic E-state index is 0.0146. The Morgan fingerprint density at radius 2 is 1.83 bits per heavy atom. The van der Waals surface area contributed by atoms with Crippen molar-refractivity contribution in [2.75, 3.05) is 7.11 Å². The van der Waals surface area contributed by atoms with Crippen LogP contribution in [0.15, 0.2) is 77.9 Å². The first-order valence-corrected chi connectivity index (χ1v) is 9.65. The lowest BCUT2D eigenvalue weighted by Crippen LogP contribution is -2.33. The molecule has 0 spiro atoms. The van der Waals surface area contributed by atoms with E-state index in [1.807, 2.05) is 53.5 Å². The molecule has 2 unspecified atom stereocenters. The zero-order chi connectivity index (χ0) is 20.7. The van der Waals surface area contributed by atoms with E-state index in [1.165, 1.54) is 12.1 Å². The van der Waals surface area contributed by atoms with Crippen LogP contribution in [0.1, 0.15) is 35.4 Å². The van der Waals surface area contributed by atoms with Crippen LogP contribution in [0.25, 0.3) is 0 Å². The number of nitrogens with zero attached hydrogens (tertiary/aromatic N) is 3. The van der Waals surface area contributed by atoms with Gasteiger partial charge in [-0.3, -0.25) is 10.1 Å². The highest BCUT2D eigenvalue weighted by molar-refractivity contribution is 6.01. The SMILES string of the molecule is COc1cccc2c1OC(c1ccc([N+](=O)[O-])cc1)N1N=C(c3ccccc3)CC21. The highest BCUT2D eigenvalue weighted by Crippen LogP contribution is 2.50. The smallest absolute Gasteiger partial charge is 0.269 e. The molecule has 0 radical (unpaired) electrons. The Labute approximate surface area is 173 Å². The molecule has 2 aliphatic rings. The number of hydrogen-bond acceptors (Lipinski definition) is 6. The fourth-order valence-corrected chi connectivity index (χ4v) is 4.03. The van der Waals surface area contributed by atoms with E-state index in [0.29, 0.717) is 11.5 Å². The first-order valence-electron chi connectivity index (χ1n) is 9.65. The van der Waals surface area contributed by atoms with E-state index in [2.05, 4.69) is 0 Å². The minimum atomic E-state index is -0.513. The molecule has 0 saturated heterocycles. The standard InChI is InChI=1S/C23H19N3O4/c1-29-21-9-5-8-18-20-14-19(15-6-3-2-4-7-15)24-25(20)23(30-22(18)21)16-10-12-17(13-11-16)26(27)28/h2-13,20,23H,14H2,1H3. The van der Waals surface area contributed by atoms with Crippen LogP contribution in [0.4, 0.5) is 5.69 Å². The summed E-state index contributed by atoms with van der Waals surface area (Å²) in [5, 5.41) is 17.9. The van der Waals surface area contributed by atoms with Crippen molar-refractivity contribution in [1.82, 2.24) is 5.01 Å². The van der Waals surface area contributed by atoms with Gasteiger partial charge >= 0.3 is 0 Å². The fourth-order valence-electron chi connectivity index (χ4n) is 4.03. The third kappa shape index (κ3) is 2.95. The van der Waals surface area contributed by atoms with E-state index in [0.717, 1.165) is 28.8 Å². The van der Waals surface area contributed by atoms with Gasteiger partial charge in [0.05, 0.1) is 23.8 Å². The summed E-state index contributed by atoms with van der Waals surface area (Å²) in [6.07, 6.45) is 0.220. The quantitative estimate of drug-likeness (QED) is 0.462. The number of para-hydroxylation sites is 1. The number of ether oxygens (including phenoxy) is 2. The molecular formula is C23H19N3O4. The molecule has 0 aliphatic carbocycles. The average molecular weight is 401 g/mol. The van der Waals surface area contributed by atoms with Crippen molar-refractivity contribution in [3.05, 3.63) is 99.6 Å². The van der Waals surface area contributed by atoms with Crippen LogP contribution in [-0.2, 0) is 0 Å². The average Bonchev–Trinajstić information content (AvgIpc) is 3.24. The topological polar surface area (TPSA) is 77.2 Å². The van der Waals surface area contributed by atoms with Crippen LogP contribution in [-0.4, -0.2) is 22.8 Å². The molecule has 30 heavy (non-hydrogen) atoms. The van der Waals surface area contributed by atoms with Gasteiger partial charge in [-0.2, -0.15) is 5.10 Å². The van der Waals surface area contributed by atoms with Crippen LogP contribution < -0.4 is 9.47 Å². The normalized spacial score (nSPS) is 19.4. The lowest BCUT2D eigenvalue weighted by molar-refractivity contribution is -0.384. The lowest BCUT2D eigenvalue weighted by atomic mass is 9.95. The van der Waals surface area contributed by atoms with E-state index in [9.17, 15) is 10.1 Å². The number of benzene rings is 3. The molecule has 2 atom stereocenters. The third-order valence-corrected chi connectivity index (χ3v) is 5.50. The monoisotopic (exact) mass is 401 g/mol. The summed E-state index contributed by atoms with van der Waals surface area (Å²) in [4.78, 5) is 10.6. The van der Waals surface area contributed by atoms with Crippen molar-refractivity contribution in [2.45, 2.75) is 18.7 Å². The van der Waals surface area contributed by atoms with Gasteiger partial charge in [-0.1, -0.05) is 42.5 Å². The highest BCUT2D eigenvalue weighted by atomic mass is 16.6. The summed E-state index contributed by atoms with van der Waals surface area (Å²) in [6.45, 7) is 0. The van der Waals surface area contributed by atoms with Gasteiger partial charge in [-0.25, -0.2) is 5.01 Å². The van der Waals surface area contributed by atoms with Gasteiger partial charge in [0.15, 0.2) is 11.5 Å². The van der Waals surface area contributed by atoms with Gasteiger partial charge in [0.1, 0.15) is 0 Å². The molecule has 0 saturated carbocycles. The number of nitro benzene ring substituents is 1. The Kier molecular flexibility index (Phi) is 4.35. The van der Waals surface area contributed by atoms with Crippen LogP contribution >= 0.6 is 0 Å². The Morgan fingerprint density at radius 3 is 2.53 bits per heavy atom. The molecule has 0 bridgehead atoms. The number of rotatable bonds is 4. The minimum Gasteiger partial charge on any atom is -0.493 e. The second-order valence-corrected chi connectivity index (χ2v) is 7.21. The summed E-state index contributed by atoms with van der Waals surface area (Å²) < 4.78 is 11.9. The number of nitro groups is 1. The molecule has 3 aromatic rings. The van der Waals surface area contributed by atoms with Gasteiger partial charge in [0.25, 0.3) is 5.69 Å². The highest BCUT2D eigenvalue weighted by Gasteiger charge is 2.42. The molecule has 5 rings (SSSR count). The van der Waals surface area contributed by atoms with E-state index < -0.39 is 11.2 Å². The molecule has 7 heteroatoms. The largest absolute Gasteiger partial charge is 0.493 e. The van der Waals surface area contributed by atoms with E-state index in [1.54, 1.807) is 19.2 Å². The van der Waals surface area contributed by atoms with E-state index >= 15 is 0 Å². The number of fused-ring (bicyclic) bond motifs is 3. The van der Waals surface area contributed by atoms with Crippen molar-refractivity contribution in [2.24, 2.45) is 5.10 Å². The van der Waals surface area contributed by atoms with Crippen LogP contribution in [0, 0.1) is 10.1 Å². The maximum absolute atomic E-state index is 11.0. The number of hydrazone groups is 1. The lowest BCUT2D eigenvalue weighted by Gasteiger charge is -2.38. The van der Waals surface area contributed by atoms with Crippen molar-refractivity contribution in [1.29, 1.82) is 0 Å². The van der Waals surface area contributed by atoms with E-state index in [4.69, 9.17) is 14.6 Å².